The molecule has 0 saturated heterocycles. The number of amides is 2. The number of rotatable bonds is 9. The number of furan rings is 1. The molecule has 2 aromatic heterocycles. The van der Waals surface area contributed by atoms with Gasteiger partial charge in [0.05, 0.1) is 37.4 Å². The maximum atomic E-state index is 13.5. The molecule has 12 heteroatoms. The summed E-state index contributed by atoms with van der Waals surface area (Å²) in [7, 11) is 3.41. The van der Waals surface area contributed by atoms with Crippen LogP contribution >= 0.6 is 27.7 Å². The summed E-state index contributed by atoms with van der Waals surface area (Å²) in [5.74, 6) is 1.15. The summed E-state index contributed by atoms with van der Waals surface area (Å²) in [6.45, 7) is 0.171. The SMILES string of the molecule is COc1ccc([C@H]2CC(c3ccc(Br)cc3)=NN2C(=O)CSc2nnc(CNC(=O)c3ccco3)n2C)cc1. The molecule has 39 heavy (non-hydrogen) atoms. The van der Waals surface area contributed by atoms with E-state index >= 15 is 0 Å². The fourth-order valence-electron chi connectivity index (χ4n) is 4.11. The lowest BCUT2D eigenvalue weighted by Gasteiger charge is -2.22. The number of nitrogens with one attached hydrogen (secondary N) is 1. The van der Waals surface area contributed by atoms with Crippen LogP contribution in [0.3, 0.4) is 0 Å². The van der Waals surface area contributed by atoms with Crippen molar-refractivity contribution in [1.82, 2.24) is 25.1 Å². The number of hydrogen-bond donors (Lipinski definition) is 1. The minimum absolute atomic E-state index is 0.120. The molecule has 10 nitrogen and oxygen atoms in total. The average molecular weight is 610 g/mol. The maximum absolute atomic E-state index is 13.5. The van der Waals surface area contributed by atoms with E-state index < -0.39 is 0 Å². The molecule has 3 heterocycles. The number of hydrogen-bond acceptors (Lipinski definition) is 8. The van der Waals surface area contributed by atoms with Gasteiger partial charge in [0.15, 0.2) is 16.7 Å². The van der Waals surface area contributed by atoms with Gasteiger partial charge in [-0.2, -0.15) is 5.10 Å². The van der Waals surface area contributed by atoms with Crippen molar-refractivity contribution in [1.29, 1.82) is 0 Å². The Morgan fingerprint density at radius 1 is 1.13 bits per heavy atom. The van der Waals surface area contributed by atoms with E-state index in [0.29, 0.717) is 17.4 Å². The molecule has 2 aromatic carbocycles. The third-order valence-electron chi connectivity index (χ3n) is 6.25. The minimum Gasteiger partial charge on any atom is -0.497 e. The Morgan fingerprint density at radius 3 is 2.59 bits per heavy atom. The molecular formula is C27H25BrN6O4S. The number of nitrogens with zero attached hydrogens (tertiary/aromatic N) is 5. The summed E-state index contributed by atoms with van der Waals surface area (Å²) in [5, 5.41) is 18.0. The lowest BCUT2D eigenvalue weighted by atomic mass is 9.98. The van der Waals surface area contributed by atoms with Crippen LogP contribution in [0.4, 0.5) is 0 Å². The summed E-state index contributed by atoms with van der Waals surface area (Å²) < 4.78 is 13.1. The van der Waals surface area contributed by atoms with Crippen LogP contribution in [0.15, 0.2) is 86.1 Å². The molecule has 0 saturated carbocycles. The molecule has 0 radical (unpaired) electrons. The molecule has 0 unspecified atom stereocenters. The van der Waals surface area contributed by atoms with E-state index in [9.17, 15) is 9.59 Å². The first-order valence-electron chi connectivity index (χ1n) is 12.0. The second-order valence-electron chi connectivity index (χ2n) is 8.69. The van der Waals surface area contributed by atoms with Crippen molar-refractivity contribution in [2.24, 2.45) is 12.1 Å². The Balaban J connectivity index is 1.28. The quantitative estimate of drug-likeness (QED) is 0.277. The molecule has 1 N–H and O–H groups in total. The van der Waals surface area contributed by atoms with Gasteiger partial charge in [0.2, 0.25) is 0 Å². The highest BCUT2D eigenvalue weighted by Crippen LogP contribution is 2.34. The molecule has 200 valence electrons. The first kappa shape index (κ1) is 26.7. The summed E-state index contributed by atoms with van der Waals surface area (Å²) in [6, 6.07) is 18.6. The van der Waals surface area contributed by atoms with E-state index in [1.165, 1.54) is 18.0 Å². The lowest BCUT2D eigenvalue weighted by molar-refractivity contribution is -0.130. The molecule has 1 aliphatic rings. The number of benzene rings is 2. The van der Waals surface area contributed by atoms with Gasteiger partial charge >= 0.3 is 0 Å². The predicted octanol–water partition coefficient (Wildman–Crippen LogP) is 4.58. The van der Waals surface area contributed by atoms with Gasteiger partial charge in [0, 0.05) is 17.9 Å². The molecule has 5 rings (SSSR count). The van der Waals surface area contributed by atoms with Crippen molar-refractivity contribution in [3.63, 3.8) is 0 Å². The Bertz CT molecular complexity index is 1490. The maximum Gasteiger partial charge on any atom is 0.287 e. The zero-order chi connectivity index (χ0) is 27.4. The highest BCUT2D eigenvalue weighted by Gasteiger charge is 2.33. The van der Waals surface area contributed by atoms with Gasteiger partial charge in [0.25, 0.3) is 11.8 Å². The highest BCUT2D eigenvalue weighted by molar-refractivity contribution is 9.10. The van der Waals surface area contributed by atoms with Crippen LogP contribution in [-0.4, -0.2) is 50.2 Å². The molecule has 2 amide bonds. The van der Waals surface area contributed by atoms with E-state index in [2.05, 4.69) is 31.4 Å². The van der Waals surface area contributed by atoms with Crippen molar-refractivity contribution in [3.8, 4) is 5.75 Å². The van der Waals surface area contributed by atoms with Gasteiger partial charge in [-0.25, -0.2) is 5.01 Å². The van der Waals surface area contributed by atoms with E-state index in [1.807, 2.05) is 48.5 Å². The number of methoxy groups -OCH3 is 1. The highest BCUT2D eigenvalue weighted by atomic mass is 79.9. The van der Waals surface area contributed by atoms with E-state index in [0.717, 1.165) is 27.1 Å². The van der Waals surface area contributed by atoms with Gasteiger partial charge < -0.3 is 19.0 Å². The molecule has 0 spiro atoms. The molecule has 0 aliphatic carbocycles. The van der Waals surface area contributed by atoms with Crippen LogP contribution in [0.2, 0.25) is 0 Å². The Kier molecular flexibility index (Phi) is 8.13. The molecule has 1 aliphatic heterocycles. The van der Waals surface area contributed by atoms with Crippen molar-refractivity contribution in [2.45, 2.75) is 24.2 Å². The standard InChI is InChI=1S/C27H25BrN6O4S/c1-33-24(15-29-26(36)23-4-3-13-38-23)30-31-27(33)39-16-25(35)34-22(18-7-11-20(37-2)12-8-18)14-21(32-34)17-5-9-19(28)10-6-17/h3-13,22H,14-16H2,1-2H3,(H,29,36)/t22-/m1/s1. The molecular weight excluding hydrogens is 584 g/mol. The predicted molar refractivity (Wildman–Crippen MR) is 149 cm³/mol. The minimum atomic E-state index is -0.342. The van der Waals surface area contributed by atoms with Crippen LogP contribution in [0.1, 0.15) is 40.0 Å². The molecule has 1 atom stereocenters. The van der Waals surface area contributed by atoms with Gasteiger partial charge in [-0.05, 0) is 47.5 Å². The number of ether oxygens (including phenoxy) is 1. The van der Waals surface area contributed by atoms with Crippen molar-refractivity contribution in [2.75, 3.05) is 12.9 Å². The Labute approximate surface area is 237 Å². The fourth-order valence-corrected chi connectivity index (χ4v) is 5.16. The molecule has 0 fully saturated rings. The number of halogens is 1. The second kappa shape index (κ2) is 11.9. The number of carbonyl (C=O) groups excluding carboxylic acids is 2. The van der Waals surface area contributed by atoms with E-state index in [-0.39, 0.29) is 35.9 Å². The van der Waals surface area contributed by atoms with E-state index in [1.54, 1.807) is 35.9 Å². The number of aromatic nitrogens is 3. The summed E-state index contributed by atoms with van der Waals surface area (Å²) in [6.07, 6.45) is 2.03. The average Bonchev–Trinajstić information content (AvgIpc) is 3.72. The van der Waals surface area contributed by atoms with Gasteiger partial charge in [0.1, 0.15) is 5.75 Å². The zero-order valence-corrected chi connectivity index (χ0v) is 23.6. The van der Waals surface area contributed by atoms with E-state index in [4.69, 9.17) is 14.3 Å². The summed E-state index contributed by atoms with van der Waals surface area (Å²) >= 11 is 4.74. The normalized spacial score (nSPS) is 14.8. The Hall–Kier alpha value is -3.90. The largest absolute Gasteiger partial charge is 0.497 e. The van der Waals surface area contributed by atoms with Gasteiger partial charge in [-0.3, -0.25) is 9.59 Å². The second-order valence-corrected chi connectivity index (χ2v) is 10.5. The van der Waals surface area contributed by atoms with Gasteiger partial charge in [-0.1, -0.05) is 52.0 Å². The zero-order valence-electron chi connectivity index (χ0n) is 21.2. The number of thioether (sulfide) groups is 1. The smallest absolute Gasteiger partial charge is 0.287 e. The van der Waals surface area contributed by atoms with Crippen LogP contribution < -0.4 is 10.1 Å². The number of hydrazone groups is 1. The first-order valence-corrected chi connectivity index (χ1v) is 13.8. The fraction of sp³-hybridized carbons (Fsp3) is 0.222. The van der Waals surface area contributed by atoms with Crippen LogP contribution in [-0.2, 0) is 18.4 Å². The first-order chi connectivity index (χ1) is 18.9. The Morgan fingerprint density at radius 2 is 1.90 bits per heavy atom. The third-order valence-corrected chi connectivity index (χ3v) is 7.78. The van der Waals surface area contributed by atoms with Crippen LogP contribution in [0, 0.1) is 0 Å². The number of carbonyl (C=O) groups is 2. The molecule has 0 bridgehead atoms. The summed E-state index contributed by atoms with van der Waals surface area (Å²) in [5.41, 5.74) is 2.78. The third kappa shape index (κ3) is 6.07. The van der Waals surface area contributed by atoms with Crippen LogP contribution in [0.25, 0.3) is 0 Å². The lowest BCUT2D eigenvalue weighted by Crippen LogP contribution is -2.28. The molecule has 4 aromatic rings. The van der Waals surface area contributed by atoms with Crippen molar-refractivity contribution in [3.05, 3.63) is 94.1 Å². The van der Waals surface area contributed by atoms with Gasteiger partial charge in [-0.15, -0.1) is 10.2 Å². The summed E-state index contributed by atoms with van der Waals surface area (Å²) in [4.78, 5) is 25.6. The monoisotopic (exact) mass is 608 g/mol. The van der Waals surface area contributed by atoms with Crippen molar-refractivity contribution >= 4 is 45.2 Å². The topological polar surface area (TPSA) is 115 Å². The van der Waals surface area contributed by atoms with Crippen molar-refractivity contribution < 1.29 is 18.7 Å². The van der Waals surface area contributed by atoms with Crippen LogP contribution in [0.5, 0.6) is 5.75 Å².